The molecule has 0 radical (unpaired) electrons. The Morgan fingerprint density at radius 2 is 2.20 bits per heavy atom. The molecule has 4 nitrogen and oxygen atoms in total. The number of thiocarbonyl (C=S) groups is 1. The molecular weight excluding hydrogens is 150 g/mol. The van der Waals surface area contributed by atoms with Crippen LogP contribution in [0.4, 0.5) is 4.79 Å². The number of carbonyl (C=O) groups is 1. The van der Waals surface area contributed by atoms with Crippen LogP contribution in [0.25, 0.3) is 0 Å². The SMILES string of the molecule is CCCC(=S)NNC(N)=O. The summed E-state index contributed by atoms with van der Waals surface area (Å²) in [6.45, 7) is 2.00. The van der Waals surface area contributed by atoms with Crippen molar-refractivity contribution in [2.75, 3.05) is 0 Å². The fourth-order valence-electron chi connectivity index (χ4n) is 0.421. The third-order valence-electron chi connectivity index (χ3n) is 0.802. The number of nitrogens with one attached hydrogen (secondary N) is 2. The number of primary amides is 1. The lowest BCUT2D eigenvalue weighted by Crippen LogP contribution is -2.43. The first-order valence-electron chi connectivity index (χ1n) is 3.01. The van der Waals surface area contributed by atoms with Crippen molar-refractivity contribution in [2.24, 2.45) is 5.73 Å². The van der Waals surface area contributed by atoms with Crippen LogP contribution in [0.2, 0.25) is 0 Å². The average molecular weight is 161 g/mol. The van der Waals surface area contributed by atoms with Crippen molar-refractivity contribution in [3.8, 4) is 0 Å². The zero-order valence-electron chi connectivity index (χ0n) is 5.81. The van der Waals surface area contributed by atoms with Gasteiger partial charge < -0.3 is 5.73 Å². The summed E-state index contributed by atoms with van der Waals surface area (Å²) in [4.78, 5) is 10.7. The number of hydrogen-bond acceptors (Lipinski definition) is 2. The minimum absolute atomic E-state index is 0.598. The van der Waals surface area contributed by atoms with Gasteiger partial charge in [0, 0.05) is 0 Å². The maximum absolute atomic E-state index is 10.1. The molecule has 0 spiro atoms. The summed E-state index contributed by atoms with van der Waals surface area (Å²) in [6, 6.07) is -0.626. The summed E-state index contributed by atoms with van der Waals surface area (Å²) < 4.78 is 0. The number of hydrogen-bond donors (Lipinski definition) is 3. The van der Waals surface area contributed by atoms with Gasteiger partial charge in [0.1, 0.15) is 0 Å². The third-order valence-corrected chi connectivity index (χ3v) is 1.11. The molecule has 0 bridgehead atoms. The molecule has 0 saturated heterocycles. The number of nitrogens with two attached hydrogens (primary N) is 1. The normalized spacial score (nSPS) is 8.50. The van der Waals surface area contributed by atoms with Crippen molar-refractivity contribution in [2.45, 2.75) is 19.8 Å². The van der Waals surface area contributed by atoms with Crippen LogP contribution in [0, 0.1) is 0 Å². The highest BCUT2D eigenvalue weighted by Gasteiger charge is 1.93. The van der Waals surface area contributed by atoms with Gasteiger partial charge in [0.15, 0.2) is 0 Å². The lowest BCUT2D eigenvalue weighted by atomic mass is 10.3. The summed E-state index contributed by atoms with van der Waals surface area (Å²) in [5.74, 6) is 0. The topological polar surface area (TPSA) is 67.2 Å². The zero-order valence-corrected chi connectivity index (χ0v) is 6.62. The molecule has 0 aliphatic rings. The molecule has 0 unspecified atom stereocenters. The van der Waals surface area contributed by atoms with Crippen LogP contribution in [0.5, 0.6) is 0 Å². The fourth-order valence-corrected chi connectivity index (χ4v) is 0.676. The second-order valence-corrected chi connectivity index (χ2v) is 2.28. The van der Waals surface area contributed by atoms with Crippen LogP contribution in [0.15, 0.2) is 0 Å². The Balaban J connectivity index is 3.30. The lowest BCUT2D eigenvalue weighted by molar-refractivity contribution is 0.247. The Bertz CT molecular complexity index is 137. The van der Waals surface area contributed by atoms with Gasteiger partial charge in [-0.15, -0.1) is 0 Å². The Morgan fingerprint density at radius 1 is 1.60 bits per heavy atom. The summed E-state index contributed by atoms with van der Waals surface area (Å²) in [7, 11) is 0. The van der Waals surface area contributed by atoms with Crippen molar-refractivity contribution in [3.05, 3.63) is 0 Å². The quantitative estimate of drug-likeness (QED) is 0.403. The van der Waals surface area contributed by atoms with Crippen LogP contribution in [-0.2, 0) is 0 Å². The van der Waals surface area contributed by atoms with Crippen molar-refractivity contribution >= 4 is 23.2 Å². The van der Waals surface area contributed by atoms with Gasteiger partial charge in [-0.25, -0.2) is 4.79 Å². The molecule has 0 fully saturated rings. The maximum atomic E-state index is 10.1. The Morgan fingerprint density at radius 3 is 2.60 bits per heavy atom. The highest BCUT2D eigenvalue weighted by molar-refractivity contribution is 7.80. The first-order chi connectivity index (χ1) is 4.66. The van der Waals surface area contributed by atoms with E-state index in [1.54, 1.807) is 0 Å². The van der Waals surface area contributed by atoms with E-state index in [4.69, 9.17) is 18.0 Å². The number of amides is 2. The van der Waals surface area contributed by atoms with E-state index in [0.717, 1.165) is 12.8 Å². The molecule has 4 N–H and O–H groups in total. The average Bonchev–Trinajstić information content (AvgIpc) is 1.85. The first-order valence-corrected chi connectivity index (χ1v) is 3.42. The minimum Gasteiger partial charge on any atom is -0.350 e. The van der Waals surface area contributed by atoms with Crippen molar-refractivity contribution in [1.29, 1.82) is 0 Å². The van der Waals surface area contributed by atoms with Gasteiger partial charge in [0.05, 0.1) is 4.99 Å². The van der Waals surface area contributed by atoms with E-state index in [-0.39, 0.29) is 0 Å². The number of rotatable bonds is 2. The van der Waals surface area contributed by atoms with Crippen LogP contribution in [0.3, 0.4) is 0 Å². The van der Waals surface area contributed by atoms with Crippen molar-refractivity contribution < 1.29 is 4.79 Å². The van der Waals surface area contributed by atoms with E-state index < -0.39 is 6.03 Å². The molecular formula is C5H11N3OS. The highest BCUT2D eigenvalue weighted by Crippen LogP contribution is 1.86. The number of hydrazine groups is 1. The van der Waals surface area contributed by atoms with E-state index in [0.29, 0.717) is 4.99 Å². The summed E-state index contributed by atoms with van der Waals surface area (Å²) in [5, 5.41) is 0. The van der Waals surface area contributed by atoms with E-state index >= 15 is 0 Å². The Labute approximate surface area is 65.1 Å². The van der Waals surface area contributed by atoms with Gasteiger partial charge in [-0.1, -0.05) is 19.1 Å². The van der Waals surface area contributed by atoms with E-state index in [2.05, 4.69) is 10.9 Å². The fraction of sp³-hybridized carbons (Fsp3) is 0.600. The largest absolute Gasteiger partial charge is 0.350 e. The summed E-state index contributed by atoms with van der Waals surface area (Å²) in [5.41, 5.74) is 9.43. The van der Waals surface area contributed by atoms with E-state index in [9.17, 15) is 4.79 Å². The van der Waals surface area contributed by atoms with Crippen LogP contribution in [-0.4, -0.2) is 11.0 Å². The highest BCUT2D eigenvalue weighted by atomic mass is 32.1. The first kappa shape index (κ1) is 9.16. The molecule has 2 amide bonds. The van der Waals surface area contributed by atoms with Gasteiger partial charge in [-0.2, -0.15) is 0 Å². The van der Waals surface area contributed by atoms with Gasteiger partial charge in [0.2, 0.25) is 0 Å². The molecule has 0 aliphatic carbocycles. The third kappa shape index (κ3) is 5.30. The molecule has 0 rings (SSSR count). The molecule has 0 aromatic heterocycles. The van der Waals surface area contributed by atoms with Crippen LogP contribution >= 0.6 is 12.2 Å². The second kappa shape index (κ2) is 4.99. The Kier molecular flexibility index (Phi) is 4.57. The Hall–Kier alpha value is -0.840. The molecule has 0 aromatic rings. The monoisotopic (exact) mass is 161 g/mol. The van der Waals surface area contributed by atoms with Gasteiger partial charge in [-0.05, 0) is 12.8 Å². The molecule has 0 heterocycles. The zero-order chi connectivity index (χ0) is 7.98. The van der Waals surface area contributed by atoms with E-state index in [1.165, 1.54) is 0 Å². The molecule has 58 valence electrons. The van der Waals surface area contributed by atoms with Crippen LogP contribution in [0.1, 0.15) is 19.8 Å². The van der Waals surface area contributed by atoms with E-state index in [1.807, 2.05) is 6.92 Å². The standard InChI is InChI=1S/C5H11N3OS/c1-2-3-4(10)7-8-5(6)9/h2-3H2,1H3,(H,7,10)(H3,6,8,9). The molecule has 0 saturated carbocycles. The number of urea groups is 1. The lowest BCUT2D eigenvalue weighted by Gasteiger charge is -2.04. The van der Waals surface area contributed by atoms with Crippen molar-refractivity contribution in [3.63, 3.8) is 0 Å². The minimum atomic E-state index is -0.626. The van der Waals surface area contributed by atoms with Crippen molar-refractivity contribution in [1.82, 2.24) is 10.9 Å². The summed E-state index contributed by atoms with van der Waals surface area (Å²) in [6.07, 6.45) is 1.71. The van der Waals surface area contributed by atoms with Gasteiger partial charge >= 0.3 is 6.03 Å². The van der Waals surface area contributed by atoms with Gasteiger partial charge in [-0.3, -0.25) is 10.9 Å². The maximum Gasteiger partial charge on any atom is 0.330 e. The molecule has 0 atom stereocenters. The smallest absolute Gasteiger partial charge is 0.330 e. The molecule has 10 heavy (non-hydrogen) atoms. The molecule has 0 aliphatic heterocycles. The second-order valence-electron chi connectivity index (χ2n) is 1.79. The van der Waals surface area contributed by atoms with Gasteiger partial charge in [0.25, 0.3) is 0 Å². The summed E-state index contributed by atoms with van der Waals surface area (Å²) >= 11 is 4.79. The predicted molar refractivity (Wildman–Crippen MR) is 43.4 cm³/mol. The predicted octanol–water partition coefficient (Wildman–Crippen LogP) is 0.287. The molecule has 5 heteroatoms. The van der Waals surface area contributed by atoms with Crippen LogP contribution < -0.4 is 16.6 Å². The molecule has 0 aromatic carbocycles. The number of carbonyl (C=O) groups excluding carboxylic acids is 1.